The van der Waals surface area contributed by atoms with Gasteiger partial charge in [-0.25, -0.2) is 9.18 Å². The minimum atomic E-state index is -1.59. The molecule has 0 radical (unpaired) electrons. The molecule has 1 aromatic heterocycles. The van der Waals surface area contributed by atoms with Crippen LogP contribution in [0.25, 0.3) is 5.76 Å². The first-order chi connectivity index (χ1) is 19.3. The van der Waals surface area contributed by atoms with Crippen LogP contribution in [0, 0.1) is 0 Å². The number of hydrogen-bond donors (Lipinski definition) is 3. The van der Waals surface area contributed by atoms with Gasteiger partial charge in [0.15, 0.2) is 0 Å². The summed E-state index contributed by atoms with van der Waals surface area (Å²) in [5, 5.41) is 28.0. The summed E-state index contributed by atoms with van der Waals surface area (Å²) < 4.78 is 21.2. The second-order valence-electron chi connectivity index (χ2n) is 7.74. The highest BCUT2D eigenvalue weighted by Gasteiger charge is 2.19. The van der Waals surface area contributed by atoms with Crippen LogP contribution in [0.2, 0.25) is 0 Å². The average molecular weight is 559 g/mol. The van der Waals surface area contributed by atoms with Crippen LogP contribution in [0.5, 0.6) is 0 Å². The fourth-order valence-corrected chi connectivity index (χ4v) is 2.76. The summed E-state index contributed by atoms with van der Waals surface area (Å²) >= 11 is 0. The first kappa shape index (κ1) is 35.7. The lowest BCUT2D eigenvalue weighted by atomic mass is 10.1. The van der Waals surface area contributed by atoms with Crippen LogP contribution in [-0.2, 0) is 32.1 Å². The van der Waals surface area contributed by atoms with E-state index in [4.69, 9.17) is 9.84 Å². The molecule has 3 N–H and O–H groups in total. The van der Waals surface area contributed by atoms with Crippen molar-refractivity contribution in [3.8, 4) is 0 Å². The number of carboxylic acids is 1. The molecule has 2 aromatic rings. The average Bonchev–Trinajstić information content (AvgIpc) is 2.98. The predicted octanol–water partition coefficient (Wildman–Crippen LogP) is 5.73. The standard InChI is InChI=1S/C23H24N2O6.C4H7F.C3H8O/c1-2-3-7-18-12-19(25(16-27)14-20(28)23(29)30)22(24-13-18)21(10-11-26)31-15-17-8-5-4-6-9-17;1-2-3-4-5;1-3-4-2/h2,4-6,8-10,12-14,16,26,28H,1,3,7,11,15H2,(H,29,30);3-4H,2H2,1H3;3H2,1-2H3/b20-14-,21-10-;4-3+;. The third-order valence-electron chi connectivity index (χ3n) is 4.79. The highest BCUT2D eigenvalue weighted by atomic mass is 19.1. The molecule has 0 bridgehead atoms. The molecule has 10 heteroatoms. The van der Waals surface area contributed by atoms with E-state index >= 15 is 0 Å². The molecule has 218 valence electrons. The Hall–Kier alpha value is -4.28. The van der Waals surface area contributed by atoms with Crippen LogP contribution in [0.3, 0.4) is 0 Å². The van der Waals surface area contributed by atoms with E-state index in [1.165, 1.54) is 12.2 Å². The quantitative estimate of drug-likeness (QED) is 0.116. The Bertz CT molecular complexity index is 1100. The number of aromatic nitrogens is 1. The fraction of sp³-hybridized carbons (Fsp3) is 0.300. The lowest BCUT2D eigenvalue weighted by Gasteiger charge is -2.20. The molecule has 1 heterocycles. The number of rotatable bonds is 14. The number of ether oxygens (including phenoxy) is 2. The largest absolute Gasteiger partial charge is 0.501 e. The van der Waals surface area contributed by atoms with Gasteiger partial charge >= 0.3 is 5.97 Å². The van der Waals surface area contributed by atoms with Crippen LogP contribution >= 0.6 is 0 Å². The number of carbonyl (C=O) groups excluding carboxylic acids is 1. The molecule has 0 saturated heterocycles. The predicted molar refractivity (Wildman–Crippen MR) is 154 cm³/mol. The Kier molecular flexibility index (Phi) is 20.3. The molecular weight excluding hydrogens is 519 g/mol. The summed E-state index contributed by atoms with van der Waals surface area (Å²) in [7, 11) is 1.68. The van der Waals surface area contributed by atoms with Gasteiger partial charge in [0.05, 0.1) is 24.8 Å². The van der Waals surface area contributed by atoms with Gasteiger partial charge in [0.25, 0.3) is 0 Å². The van der Waals surface area contributed by atoms with Crippen LogP contribution in [0.4, 0.5) is 10.1 Å². The normalized spacial score (nSPS) is 11.0. The summed E-state index contributed by atoms with van der Waals surface area (Å²) in [4.78, 5) is 28.0. The van der Waals surface area contributed by atoms with E-state index in [1.54, 1.807) is 25.4 Å². The van der Waals surface area contributed by atoms with Crippen LogP contribution < -0.4 is 4.90 Å². The van der Waals surface area contributed by atoms with Crippen molar-refractivity contribution in [2.45, 2.75) is 39.7 Å². The third-order valence-corrected chi connectivity index (χ3v) is 4.79. The molecule has 0 fully saturated rings. The van der Waals surface area contributed by atoms with Crippen molar-refractivity contribution in [2.24, 2.45) is 0 Å². The minimum absolute atomic E-state index is 0.184. The van der Waals surface area contributed by atoms with Gasteiger partial charge in [0, 0.05) is 19.9 Å². The summed E-state index contributed by atoms with van der Waals surface area (Å²) in [6.07, 6.45) is 9.92. The van der Waals surface area contributed by atoms with E-state index in [-0.39, 0.29) is 30.4 Å². The number of carbonyl (C=O) groups is 2. The van der Waals surface area contributed by atoms with Crippen LogP contribution in [-0.4, -0.2) is 53.0 Å². The number of halogens is 1. The highest BCUT2D eigenvalue weighted by molar-refractivity contribution is 5.89. The molecule has 9 nitrogen and oxygen atoms in total. The van der Waals surface area contributed by atoms with E-state index in [1.807, 2.05) is 44.2 Å². The minimum Gasteiger partial charge on any atom is -0.501 e. The Morgan fingerprint density at radius 3 is 2.33 bits per heavy atom. The summed E-state index contributed by atoms with van der Waals surface area (Å²) in [5.41, 5.74) is 2.04. The van der Waals surface area contributed by atoms with Gasteiger partial charge in [0.1, 0.15) is 18.1 Å². The number of aryl methyl sites for hydroxylation is 1. The third kappa shape index (κ3) is 14.6. The maximum absolute atomic E-state index is 11.7. The van der Waals surface area contributed by atoms with E-state index in [9.17, 15) is 24.2 Å². The number of anilines is 1. The summed E-state index contributed by atoms with van der Waals surface area (Å²) in [6, 6.07) is 11.0. The van der Waals surface area contributed by atoms with E-state index in [0.29, 0.717) is 25.6 Å². The molecular formula is C30H39FN2O7. The van der Waals surface area contributed by atoms with Crippen molar-refractivity contribution >= 4 is 23.8 Å². The van der Waals surface area contributed by atoms with E-state index < -0.39 is 11.7 Å². The fourth-order valence-electron chi connectivity index (χ4n) is 2.76. The van der Waals surface area contributed by atoms with Gasteiger partial charge in [0.2, 0.25) is 12.2 Å². The van der Waals surface area contributed by atoms with Crippen molar-refractivity contribution in [3.05, 3.63) is 103 Å². The maximum atomic E-state index is 11.7. The number of nitrogens with zero attached hydrogens (tertiary/aromatic N) is 2. The molecule has 0 aliphatic rings. The molecule has 0 aliphatic carbocycles. The van der Waals surface area contributed by atoms with Gasteiger partial charge in [-0.15, -0.1) is 6.58 Å². The zero-order chi connectivity index (χ0) is 30.2. The molecule has 40 heavy (non-hydrogen) atoms. The van der Waals surface area contributed by atoms with Crippen molar-refractivity contribution in [1.29, 1.82) is 0 Å². The Labute approximate surface area is 235 Å². The van der Waals surface area contributed by atoms with Gasteiger partial charge in [-0.1, -0.05) is 49.4 Å². The molecule has 0 unspecified atom stereocenters. The molecule has 0 atom stereocenters. The molecule has 2 rings (SSSR count). The van der Waals surface area contributed by atoms with Gasteiger partial charge in [-0.3, -0.25) is 14.7 Å². The Morgan fingerprint density at radius 2 is 1.85 bits per heavy atom. The zero-order valence-corrected chi connectivity index (χ0v) is 23.2. The maximum Gasteiger partial charge on any atom is 0.372 e. The topological polar surface area (TPSA) is 129 Å². The number of allylic oxidation sites excluding steroid dienone is 2. The SMILES string of the molecule is C=CCCc1cnc(/C(=C/CO)OCc2ccccc2)c(N(C=O)/C=C(\O)C(=O)O)c1.CC/C=C/F.CCOC. The van der Waals surface area contributed by atoms with Gasteiger partial charge in [-0.2, -0.15) is 0 Å². The first-order valence-electron chi connectivity index (χ1n) is 12.5. The lowest BCUT2D eigenvalue weighted by molar-refractivity contribution is -0.135. The Balaban J connectivity index is 0.00000146. The molecule has 0 spiro atoms. The number of methoxy groups -OCH3 is 1. The molecule has 1 amide bonds. The van der Waals surface area contributed by atoms with E-state index in [0.717, 1.165) is 35.3 Å². The zero-order valence-electron chi connectivity index (χ0n) is 23.2. The monoisotopic (exact) mass is 558 g/mol. The van der Waals surface area contributed by atoms with Crippen LogP contribution in [0.15, 0.2) is 85.7 Å². The molecule has 1 aromatic carbocycles. The van der Waals surface area contributed by atoms with Gasteiger partial charge < -0.3 is 24.8 Å². The number of aliphatic hydroxyl groups excluding tert-OH is 2. The van der Waals surface area contributed by atoms with Crippen molar-refractivity contribution in [3.63, 3.8) is 0 Å². The number of hydrogen-bond acceptors (Lipinski definition) is 7. The number of pyridine rings is 1. The van der Waals surface area contributed by atoms with Gasteiger partial charge in [-0.05, 0) is 49.5 Å². The number of benzene rings is 1. The molecule has 0 saturated carbocycles. The summed E-state index contributed by atoms with van der Waals surface area (Å²) in [6.45, 7) is 8.18. The first-order valence-corrected chi connectivity index (χ1v) is 12.5. The second-order valence-corrected chi connectivity index (χ2v) is 7.74. The van der Waals surface area contributed by atoms with Crippen molar-refractivity contribution < 1.29 is 38.8 Å². The lowest BCUT2D eigenvalue weighted by Crippen LogP contribution is -2.19. The van der Waals surface area contributed by atoms with E-state index in [2.05, 4.69) is 16.3 Å². The van der Waals surface area contributed by atoms with Crippen molar-refractivity contribution in [1.82, 2.24) is 4.98 Å². The Morgan fingerprint density at radius 1 is 1.18 bits per heavy atom. The highest BCUT2D eigenvalue weighted by Crippen LogP contribution is 2.28. The summed E-state index contributed by atoms with van der Waals surface area (Å²) in [5.74, 6) is -2.41. The van der Waals surface area contributed by atoms with Crippen LogP contribution in [0.1, 0.15) is 43.5 Å². The number of aliphatic carboxylic acids is 1. The second kappa shape index (κ2) is 22.7. The number of carboxylic acid groups (broad SMARTS) is 1. The smallest absolute Gasteiger partial charge is 0.372 e. The van der Waals surface area contributed by atoms with Crippen molar-refractivity contribution in [2.75, 3.05) is 25.2 Å². The number of amides is 1. The number of aliphatic hydroxyl groups is 2. The molecule has 0 aliphatic heterocycles.